The van der Waals surface area contributed by atoms with Gasteiger partial charge in [0.15, 0.2) is 5.82 Å². The molecule has 7 nitrogen and oxygen atoms in total. The zero-order chi connectivity index (χ0) is 19.4. The van der Waals surface area contributed by atoms with Gasteiger partial charge >= 0.3 is 0 Å². The number of halogens is 1. The number of rotatable bonds is 6. The summed E-state index contributed by atoms with van der Waals surface area (Å²) < 4.78 is 25.4. The Labute approximate surface area is 156 Å². The van der Waals surface area contributed by atoms with Crippen molar-refractivity contribution in [2.45, 2.75) is 43.6 Å². The number of nitrogens with zero attached hydrogens (tertiary/aromatic N) is 2. The molecule has 0 bridgehead atoms. The van der Waals surface area contributed by atoms with Gasteiger partial charge in [-0.25, -0.2) is 9.37 Å². The third kappa shape index (κ3) is 4.59. The molecule has 4 atom stereocenters. The highest BCUT2D eigenvalue weighted by Crippen LogP contribution is 2.26. The van der Waals surface area contributed by atoms with Crippen LogP contribution in [-0.2, 0) is 4.74 Å². The van der Waals surface area contributed by atoms with E-state index in [-0.39, 0.29) is 31.3 Å². The Kier molecular flexibility index (Phi) is 6.33. The Bertz CT molecular complexity index is 817. The van der Waals surface area contributed by atoms with Crippen molar-refractivity contribution < 1.29 is 24.1 Å². The lowest BCUT2D eigenvalue weighted by atomic mass is 9.95. The molecule has 27 heavy (non-hydrogen) atoms. The van der Waals surface area contributed by atoms with Crippen molar-refractivity contribution in [3.05, 3.63) is 35.8 Å². The summed E-state index contributed by atoms with van der Waals surface area (Å²) in [5.41, 5.74) is 7.33. The van der Waals surface area contributed by atoms with Gasteiger partial charge in [-0.15, -0.1) is 0 Å². The summed E-state index contributed by atoms with van der Waals surface area (Å²) in [5, 5.41) is 18.7. The number of aliphatic hydroxyl groups excluding tert-OH is 2. The highest BCUT2D eigenvalue weighted by atomic mass is 19.1. The average Bonchev–Trinajstić information content (AvgIpc) is 2.68. The van der Waals surface area contributed by atoms with Crippen molar-refractivity contribution in [2.24, 2.45) is 5.73 Å². The number of fused-ring (bicyclic) bond motifs is 1. The van der Waals surface area contributed by atoms with Gasteiger partial charge in [-0.3, -0.25) is 4.98 Å². The van der Waals surface area contributed by atoms with Gasteiger partial charge in [0.1, 0.15) is 5.52 Å². The molecule has 0 radical (unpaired) electrons. The normalized spacial score (nSPS) is 24.4. The Morgan fingerprint density at radius 2 is 2.26 bits per heavy atom. The maximum absolute atomic E-state index is 14.3. The highest BCUT2D eigenvalue weighted by Gasteiger charge is 2.29. The van der Waals surface area contributed by atoms with E-state index in [2.05, 4.69) is 9.97 Å². The maximum atomic E-state index is 14.3. The van der Waals surface area contributed by atoms with E-state index >= 15 is 0 Å². The topological polar surface area (TPSA) is 111 Å². The SMILES string of the molecule is COc1ccc2ncc(F)c(/C=C/[C@H]3CC[C@@H](N)[C@@H](CC(O)CO)O3)c2n1. The minimum atomic E-state index is -0.873. The Morgan fingerprint density at radius 3 is 3.00 bits per heavy atom. The molecule has 2 aromatic rings. The summed E-state index contributed by atoms with van der Waals surface area (Å²) in [4.78, 5) is 8.35. The minimum absolute atomic E-state index is 0.208. The summed E-state index contributed by atoms with van der Waals surface area (Å²) in [6.07, 6.45) is 4.70. The molecule has 3 rings (SSSR count). The van der Waals surface area contributed by atoms with Gasteiger partial charge in [0.05, 0.1) is 43.7 Å². The molecule has 4 N–H and O–H groups in total. The van der Waals surface area contributed by atoms with E-state index < -0.39 is 11.9 Å². The van der Waals surface area contributed by atoms with Gasteiger partial charge < -0.3 is 25.4 Å². The maximum Gasteiger partial charge on any atom is 0.213 e. The van der Waals surface area contributed by atoms with E-state index in [1.54, 1.807) is 24.3 Å². The van der Waals surface area contributed by atoms with Crippen molar-refractivity contribution in [1.82, 2.24) is 9.97 Å². The minimum Gasteiger partial charge on any atom is -0.481 e. The van der Waals surface area contributed by atoms with Crippen LogP contribution < -0.4 is 10.5 Å². The molecule has 3 heterocycles. The summed E-state index contributed by atoms with van der Waals surface area (Å²) in [5.74, 6) is -0.109. The third-order valence-electron chi connectivity index (χ3n) is 4.69. The molecule has 8 heteroatoms. The molecule has 0 aliphatic carbocycles. The third-order valence-corrected chi connectivity index (χ3v) is 4.69. The Morgan fingerprint density at radius 1 is 1.44 bits per heavy atom. The molecule has 1 aliphatic rings. The first-order valence-corrected chi connectivity index (χ1v) is 8.89. The fourth-order valence-corrected chi connectivity index (χ4v) is 3.17. The molecule has 0 aromatic carbocycles. The number of aromatic nitrogens is 2. The van der Waals surface area contributed by atoms with Crippen LogP contribution in [0.15, 0.2) is 24.4 Å². The van der Waals surface area contributed by atoms with Crippen molar-refractivity contribution in [1.29, 1.82) is 0 Å². The molecule has 1 aliphatic heterocycles. The lowest BCUT2D eigenvalue weighted by Gasteiger charge is -2.34. The summed E-state index contributed by atoms with van der Waals surface area (Å²) in [6, 6.07) is 3.18. The fraction of sp³-hybridized carbons (Fsp3) is 0.474. The Hall–Kier alpha value is -2.13. The van der Waals surface area contributed by atoms with Gasteiger partial charge in [-0.05, 0) is 18.9 Å². The molecule has 1 fully saturated rings. The molecule has 1 saturated heterocycles. The first-order chi connectivity index (χ1) is 13.0. The number of hydrogen-bond donors (Lipinski definition) is 3. The van der Waals surface area contributed by atoms with E-state index in [1.807, 2.05) is 0 Å². The molecular weight excluding hydrogens is 353 g/mol. The van der Waals surface area contributed by atoms with E-state index in [0.29, 0.717) is 35.3 Å². The quantitative estimate of drug-likeness (QED) is 0.698. The second kappa shape index (κ2) is 8.71. The van der Waals surface area contributed by atoms with Crippen molar-refractivity contribution in [3.63, 3.8) is 0 Å². The van der Waals surface area contributed by atoms with E-state index in [1.165, 1.54) is 7.11 Å². The van der Waals surface area contributed by atoms with Crippen LogP contribution in [0.5, 0.6) is 5.88 Å². The summed E-state index contributed by atoms with van der Waals surface area (Å²) in [7, 11) is 1.50. The van der Waals surface area contributed by atoms with Gasteiger partial charge in [0.2, 0.25) is 5.88 Å². The van der Waals surface area contributed by atoms with Crippen LogP contribution in [0.3, 0.4) is 0 Å². The zero-order valence-electron chi connectivity index (χ0n) is 15.1. The standard InChI is InChI=1S/C19H24FN3O4/c1-26-18-7-6-16-19(23-18)13(14(20)9-22-16)4-2-12-3-5-15(21)17(27-12)8-11(25)10-24/h2,4,6-7,9,11-12,15,17,24-25H,3,5,8,10,21H2,1H3/b4-2+/t11?,12-,15+,17+/m0/s1. The largest absolute Gasteiger partial charge is 0.481 e. The molecule has 146 valence electrons. The highest BCUT2D eigenvalue weighted by molar-refractivity contribution is 5.84. The van der Waals surface area contributed by atoms with Crippen LogP contribution in [0, 0.1) is 5.82 Å². The predicted molar refractivity (Wildman–Crippen MR) is 98.7 cm³/mol. The van der Waals surface area contributed by atoms with Gasteiger partial charge in [0, 0.05) is 24.1 Å². The van der Waals surface area contributed by atoms with Gasteiger partial charge in [-0.1, -0.05) is 12.2 Å². The van der Waals surface area contributed by atoms with Gasteiger partial charge in [0.25, 0.3) is 0 Å². The lowest BCUT2D eigenvalue weighted by Crippen LogP contribution is -2.45. The number of ether oxygens (including phenoxy) is 2. The number of hydrogen-bond acceptors (Lipinski definition) is 7. The summed E-state index contributed by atoms with van der Waals surface area (Å²) in [6.45, 7) is -0.338. The number of nitrogens with two attached hydrogens (primary N) is 1. The van der Waals surface area contributed by atoms with Crippen molar-refractivity contribution in [3.8, 4) is 5.88 Å². The first-order valence-electron chi connectivity index (χ1n) is 8.89. The molecular formula is C19H24FN3O4. The second-order valence-electron chi connectivity index (χ2n) is 6.63. The second-order valence-corrected chi connectivity index (χ2v) is 6.63. The van der Waals surface area contributed by atoms with Crippen LogP contribution in [0.25, 0.3) is 17.1 Å². The van der Waals surface area contributed by atoms with Crippen LogP contribution in [0.2, 0.25) is 0 Å². The Balaban J connectivity index is 1.82. The summed E-state index contributed by atoms with van der Waals surface area (Å²) >= 11 is 0. The van der Waals surface area contributed by atoms with Crippen molar-refractivity contribution >= 4 is 17.1 Å². The van der Waals surface area contributed by atoms with Crippen molar-refractivity contribution in [2.75, 3.05) is 13.7 Å². The number of aliphatic hydroxyl groups is 2. The van der Waals surface area contributed by atoms with Crippen LogP contribution in [0.1, 0.15) is 24.8 Å². The first kappa shape index (κ1) is 19.6. The average molecular weight is 377 g/mol. The monoisotopic (exact) mass is 377 g/mol. The van der Waals surface area contributed by atoms with Crippen LogP contribution in [0.4, 0.5) is 4.39 Å². The molecule has 1 unspecified atom stereocenters. The molecule has 0 spiro atoms. The van der Waals surface area contributed by atoms with E-state index in [0.717, 1.165) is 6.20 Å². The number of methoxy groups -OCH3 is 1. The van der Waals surface area contributed by atoms with Crippen LogP contribution in [-0.4, -0.2) is 58.3 Å². The number of pyridine rings is 2. The van der Waals surface area contributed by atoms with E-state index in [4.69, 9.17) is 20.3 Å². The predicted octanol–water partition coefficient (Wildman–Crippen LogP) is 1.41. The molecule has 0 saturated carbocycles. The van der Waals surface area contributed by atoms with Gasteiger partial charge in [-0.2, -0.15) is 0 Å². The molecule has 2 aromatic heterocycles. The smallest absolute Gasteiger partial charge is 0.213 e. The lowest BCUT2D eigenvalue weighted by molar-refractivity contribution is -0.0648. The van der Waals surface area contributed by atoms with Crippen LogP contribution >= 0.6 is 0 Å². The van der Waals surface area contributed by atoms with E-state index in [9.17, 15) is 9.50 Å². The molecule has 0 amide bonds. The fourth-order valence-electron chi connectivity index (χ4n) is 3.17. The zero-order valence-corrected chi connectivity index (χ0v) is 15.1.